The van der Waals surface area contributed by atoms with Gasteiger partial charge in [0, 0.05) is 17.9 Å². The van der Waals surface area contributed by atoms with E-state index in [0.717, 1.165) is 29.1 Å². The molecule has 0 saturated heterocycles. The van der Waals surface area contributed by atoms with Crippen molar-refractivity contribution < 1.29 is 4.79 Å². The second-order valence-electron chi connectivity index (χ2n) is 7.65. The Morgan fingerprint density at radius 2 is 1.82 bits per heavy atom. The lowest BCUT2D eigenvalue weighted by Gasteiger charge is -2.24. The molecule has 3 aromatic rings. The van der Waals surface area contributed by atoms with Gasteiger partial charge < -0.3 is 15.2 Å². The van der Waals surface area contributed by atoms with Crippen LogP contribution in [-0.2, 0) is 6.42 Å². The average Bonchev–Trinajstić information content (AvgIpc) is 3.05. The Hall–Kier alpha value is -2.89. The third kappa shape index (κ3) is 4.16. The normalized spacial score (nSPS) is 12.5. The first-order valence-electron chi connectivity index (χ1n) is 9.90. The summed E-state index contributed by atoms with van der Waals surface area (Å²) >= 11 is 0. The van der Waals surface area contributed by atoms with Crippen LogP contribution in [0.4, 0.5) is 10.5 Å². The molecule has 6 heteroatoms. The second-order valence-corrected chi connectivity index (χ2v) is 7.65. The van der Waals surface area contributed by atoms with E-state index >= 15 is 0 Å². The third-order valence-corrected chi connectivity index (χ3v) is 4.84. The van der Waals surface area contributed by atoms with Gasteiger partial charge in [0.15, 0.2) is 5.65 Å². The number of rotatable bonds is 6. The highest BCUT2D eigenvalue weighted by molar-refractivity contribution is 5.89. The highest BCUT2D eigenvalue weighted by atomic mass is 16.2. The van der Waals surface area contributed by atoms with Crippen molar-refractivity contribution in [3.05, 3.63) is 54.0 Å². The van der Waals surface area contributed by atoms with Crippen molar-refractivity contribution in [3.63, 3.8) is 0 Å². The molecule has 1 atom stereocenters. The second kappa shape index (κ2) is 8.42. The molecule has 0 unspecified atom stereocenters. The zero-order chi connectivity index (χ0) is 20.3. The third-order valence-electron chi connectivity index (χ3n) is 4.84. The molecule has 0 bridgehead atoms. The molecule has 2 N–H and O–H groups in total. The van der Waals surface area contributed by atoms with Crippen LogP contribution in [0, 0.1) is 5.92 Å². The summed E-state index contributed by atoms with van der Waals surface area (Å²) in [6.07, 6.45) is 2.75. The van der Waals surface area contributed by atoms with Crippen molar-refractivity contribution in [2.75, 3.05) is 5.32 Å². The molecule has 2 heterocycles. The molecule has 6 nitrogen and oxygen atoms in total. The molecule has 2 amide bonds. The number of fused-ring (bicyclic) bond motifs is 1. The van der Waals surface area contributed by atoms with E-state index in [2.05, 4.69) is 54.8 Å². The first-order chi connectivity index (χ1) is 13.4. The molecule has 0 spiro atoms. The van der Waals surface area contributed by atoms with Gasteiger partial charge in [0.1, 0.15) is 11.3 Å². The maximum atomic E-state index is 12.7. The van der Waals surface area contributed by atoms with Crippen LogP contribution >= 0.6 is 0 Å². The Labute approximate surface area is 166 Å². The van der Waals surface area contributed by atoms with Crippen molar-refractivity contribution in [1.82, 2.24) is 19.9 Å². The number of pyridine rings is 1. The van der Waals surface area contributed by atoms with E-state index in [-0.39, 0.29) is 24.0 Å². The number of anilines is 1. The molecule has 0 saturated carbocycles. The summed E-state index contributed by atoms with van der Waals surface area (Å²) in [6.45, 7) is 10.5. The lowest BCUT2D eigenvalue weighted by molar-refractivity contribution is 0.243. The van der Waals surface area contributed by atoms with E-state index in [1.165, 1.54) is 5.56 Å². The summed E-state index contributed by atoms with van der Waals surface area (Å²) in [5.41, 5.74) is 3.70. The van der Waals surface area contributed by atoms with Crippen molar-refractivity contribution in [2.45, 2.75) is 53.1 Å². The first kappa shape index (κ1) is 19.9. The topological polar surface area (TPSA) is 71.8 Å². The van der Waals surface area contributed by atoms with Gasteiger partial charge in [-0.05, 0) is 56.0 Å². The van der Waals surface area contributed by atoms with Crippen LogP contribution < -0.4 is 10.6 Å². The molecular weight excluding hydrogens is 350 g/mol. The van der Waals surface area contributed by atoms with Gasteiger partial charge in [-0.15, -0.1) is 0 Å². The summed E-state index contributed by atoms with van der Waals surface area (Å²) < 4.78 is 2.11. The Kier molecular flexibility index (Phi) is 5.97. The van der Waals surface area contributed by atoms with Gasteiger partial charge in [0.05, 0.1) is 6.04 Å². The molecule has 2 aromatic heterocycles. The van der Waals surface area contributed by atoms with Crippen LogP contribution in [0.25, 0.3) is 11.2 Å². The average molecular weight is 380 g/mol. The van der Waals surface area contributed by atoms with Gasteiger partial charge in [0.25, 0.3) is 0 Å². The standard InChI is InChI=1S/C22H29N5O/c1-6-16-9-11-17(12-10-16)24-22(28)26-19(14(2)3)21-25-18-8-7-13-23-20(18)27(21)15(4)5/h7-15,19H,6H2,1-5H3,(H2,24,26,28)/t19-/m0/s1. The summed E-state index contributed by atoms with van der Waals surface area (Å²) in [6, 6.07) is 11.5. The van der Waals surface area contributed by atoms with Gasteiger partial charge in [-0.2, -0.15) is 0 Å². The fourth-order valence-electron chi connectivity index (χ4n) is 3.34. The lowest BCUT2D eigenvalue weighted by Crippen LogP contribution is -2.36. The molecule has 0 aliphatic carbocycles. The summed E-state index contributed by atoms with van der Waals surface area (Å²) in [5.74, 6) is 0.998. The first-order valence-corrected chi connectivity index (χ1v) is 9.90. The van der Waals surface area contributed by atoms with Crippen LogP contribution in [0.1, 0.15) is 58.1 Å². The predicted molar refractivity (Wildman–Crippen MR) is 113 cm³/mol. The van der Waals surface area contributed by atoms with Crippen LogP contribution in [0.3, 0.4) is 0 Å². The maximum Gasteiger partial charge on any atom is 0.319 e. The number of aromatic nitrogens is 3. The van der Waals surface area contributed by atoms with Crippen molar-refractivity contribution >= 4 is 22.9 Å². The van der Waals surface area contributed by atoms with Crippen molar-refractivity contribution in [3.8, 4) is 0 Å². The van der Waals surface area contributed by atoms with Crippen LogP contribution in [0.5, 0.6) is 0 Å². The fraction of sp³-hybridized carbons (Fsp3) is 0.409. The minimum Gasteiger partial charge on any atom is -0.328 e. The quantitative estimate of drug-likeness (QED) is 0.626. The number of hydrogen-bond acceptors (Lipinski definition) is 3. The zero-order valence-corrected chi connectivity index (χ0v) is 17.2. The van der Waals surface area contributed by atoms with Gasteiger partial charge in [0.2, 0.25) is 0 Å². The molecule has 0 aliphatic rings. The predicted octanol–water partition coefficient (Wildman–Crippen LogP) is 5.09. The highest BCUT2D eigenvalue weighted by Crippen LogP contribution is 2.28. The number of amides is 2. The minimum absolute atomic E-state index is 0.169. The highest BCUT2D eigenvalue weighted by Gasteiger charge is 2.26. The molecular formula is C22H29N5O. The molecule has 148 valence electrons. The Bertz CT molecular complexity index is 943. The van der Waals surface area contributed by atoms with E-state index in [9.17, 15) is 4.79 Å². The van der Waals surface area contributed by atoms with Crippen molar-refractivity contribution in [1.29, 1.82) is 0 Å². The van der Waals surface area contributed by atoms with E-state index < -0.39 is 0 Å². The van der Waals surface area contributed by atoms with Gasteiger partial charge in [-0.3, -0.25) is 0 Å². The number of imidazole rings is 1. The van der Waals surface area contributed by atoms with Crippen molar-refractivity contribution in [2.24, 2.45) is 5.92 Å². The van der Waals surface area contributed by atoms with Gasteiger partial charge in [-0.1, -0.05) is 32.9 Å². The Morgan fingerprint density at radius 3 is 2.43 bits per heavy atom. The number of benzene rings is 1. The molecule has 0 aliphatic heterocycles. The van der Waals surface area contributed by atoms with E-state index in [0.29, 0.717) is 0 Å². The van der Waals surface area contributed by atoms with Gasteiger partial charge in [-0.25, -0.2) is 14.8 Å². The number of carbonyl (C=O) groups excluding carboxylic acids is 1. The summed E-state index contributed by atoms with van der Waals surface area (Å²) in [4.78, 5) is 22.0. The molecule has 28 heavy (non-hydrogen) atoms. The Morgan fingerprint density at radius 1 is 1.11 bits per heavy atom. The number of carbonyl (C=O) groups is 1. The summed E-state index contributed by atoms with van der Waals surface area (Å²) in [7, 11) is 0. The monoisotopic (exact) mass is 379 g/mol. The lowest BCUT2D eigenvalue weighted by atomic mass is 10.0. The molecule has 0 fully saturated rings. The maximum absolute atomic E-state index is 12.7. The number of nitrogens with one attached hydrogen (secondary N) is 2. The number of nitrogens with zero attached hydrogens (tertiary/aromatic N) is 3. The largest absolute Gasteiger partial charge is 0.328 e. The smallest absolute Gasteiger partial charge is 0.319 e. The fourth-order valence-corrected chi connectivity index (χ4v) is 3.34. The number of aryl methyl sites for hydroxylation is 1. The molecule has 0 radical (unpaired) electrons. The molecule has 1 aromatic carbocycles. The number of hydrogen-bond donors (Lipinski definition) is 2. The van der Waals surface area contributed by atoms with Crippen LogP contribution in [-0.4, -0.2) is 20.6 Å². The van der Waals surface area contributed by atoms with E-state index in [1.807, 2.05) is 36.4 Å². The van der Waals surface area contributed by atoms with Crippen LogP contribution in [0.15, 0.2) is 42.6 Å². The minimum atomic E-state index is -0.238. The van der Waals surface area contributed by atoms with Gasteiger partial charge >= 0.3 is 6.03 Å². The zero-order valence-electron chi connectivity index (χ0n) is 17.2. The van der Waals surface area contributed by atoms with Crippen LogP contribution in [0.2, 0.25) is 0 Å². The number of urea groups is 1. The Balaban J connectivity index is 1.86. The van der Waals surface area contributed by atoms with E-state index in [4.69, 9.17) is 4.98 Å². The summed E-state index contributed by atoms with van der Waals surface area (Å²) in [5, 5.41) is 6.03. The van der Waals surface area contributed by atoms with E-state index in [1.54, 1.807) is 6.20 Å². The SMILES string of the molecule is CCc1ccc(NC(=O)N[C@H](c2nc3cccnc3n2C(C)C)C(C)C)cc1. The molecule has 3 rings (SSSR count).